The molecule has 2 rings (SSSR count). The minimum absolute atomic E-state index is 0.272. The lowest BCUT2D eigenvalue weighted by molar-refractivity contribution is -0.177. The van der Waals surface area contributed by atoms with Crippen molar-refractivity contribution in [2.24, 2.45) is 0 Å². The number of rotatable bonds is 1. The molecule has 2 unspecified atom stereocenters. The monoisotopic (exact) mass is 220 g/mol. The van der Waals surface area contributed by atoms with Crippen LogP contribution in [0.1, 0.15) is 13.8 Å². The Kier molecular flexibility index (Phi) is 2.74. The minimum atomic E-state index is -1.36. The quantitative estimate of drug-likeness (QED) is 0.502. The van der Waals surface area contributed by atoms with Crippen LogP contribution in [-0.4, -0.2) is 58.4 Å². The van der Waals surface area contributed by atoms with E-state index in [1.54, 1.807) is 13.8 Å². The van der Waals surface area contributed by atoms with E-state index in [0.717, 1.165) is 0 Å². The van der Waals surface area contributed by atoms with E-state index in [2.05, 4.69) is 0 Å². The van der Waals surface area contributed by atoms with Gasteiger partial charge in [0.15, 0.2) is 12.1 Å². The molecule has 15 heavy (non-hydrogen) atoms. The van der Waals surface area contributed by atoms with E-state index in [1.165, 1.54) is 0 Å². The Balaban J connectivity index is 2.01. The zero-order chi connectivity index (χ0) is 11.2. The van der Waals surface area contributed by atoms with Crippen LogP contribution in [0, 0.1) is 0 Å². The van der Waals surface area contributed by atoms with E-state index >= 15 is 0 Å². The molecular formula is C9H16O6. The summed E-state index contributed by atoms with van der Waals surface area (Å²) in [6.45, 7) is 3.77. The third kappa shape index (κ3) is 2.01. The van der Waals surface area contributed by atoms with Crippen molar-refractivity contribution in [1.29, 1.82) is 0 Å². The lowest BCUT2D eigenvalue weighted by atomic mass is 10.1. The van der Waals surface area contributed by atoms with Gasteiger partial charge < -0.3 is 29.5 Å². The molecule has 2 fully saturated rings. The van der Waals surface area contributed by atoms with Crippen LogP contribution in [0.25, 0.3) is 0 Å². The van der Waals surface area contributed by atoms with Crippen molar-refractivity contribution in [3.05, 3.63) is 0 Å². The Hall–Kier alpha value is -0.240. The van der Waals surface area contributed by atoms with Gasteiger partial charge in [-0.3, -0.25) is 0 Å². The molecule has 0 amide bonds. The van der Waals surface area contributed by atoms with Crippen LogP contribution in [0.15, 0.2) is 0 Å². The predicted molar refractivity (Wildman–Crippen MR) is 47.8 cm³/mol. The van der Waals surface area contributed by atoms with Crippen molar-refractivity contribution < 1.29 is 29.5 Å². The first-order valence-electron chi connectivity index (χ1n) is 4.92. The van der Waals surface area contributed by atoms with E-state index < -0.39 is 36.5 Å². The maximum atomic E-state index is 9.59. The van der Waals surface area contributed by atoms with Gasteiger partial charge in [0.1, 0.15) is 24.4 Å². The normalized spacial score (nSPS) is 49.8. The van der Waals surface area contributed by atoms with Gasteiger partial charge in [0.25, 0.3) is 0 Å². The number of aliphatic hydroxyl groups excluding tert-OH is 3. The summed E-state index contributed by atoms with van der Waals surface area (Å²) in [6, 6.07) is 0. The molecule has 0 bridgehead atoms. The van der Waals surface area contributed by atoms with Crippen molar-refractivity contribution in [2.75, 3.05) is 6.61 Å². The fraction of sp³-hybridized carbons (Fsp3) is 1.00. The standard InChI is InChI=1S/C9H16O6/c1-9(2)13-3-4(15-9)7-5(10)6(11)8(12)14-7/h4-8,10-12H,3H2,1-2H3/t4?,5-,6-,7-,8?/m1/s1. The molecular weight excluding hydrogens is 204 g/mol. The molecule has 2 heterocycles. The molecule has 0 aromatic rings. The lowest BCUT2D eigenvalue weighted by Gasteiger charge is -2.22. The average molecular weight is 220 g/mol. The number of aliphatic hydroxyl groups is 3. The predicted octanol–water partition coefficient (Wildman–Crippen LogP) is -1.42. The van der Waals surface area contributed by atoms with Gasteiger partial charge in [0.05, 0.1) is 6.61 Å². The number of ether oxygens (including phenoxy) is 3. The number of hydrogen-bond donors (Lipinski definition) is 3. The molecule has 3 N–H and O–H groups in total. The third-order valence-electron chi connectivity index (χ3n) is 2.67. The average Bonchev–Trinajstić information content (AvgIpc) is 2.62. The fourth-order valence-electron chi connectivity index (χ4n) is 1.87. The third-order valence-corrected chi connectivity index (χ3v) is 2.67. The summed E-state index contributed by atoms with van der Waals surface area (Å²) in [5, 5.41) is 28.1. The van der Waals surface area contributed by atoms with E-state index in [-0.39, 0.29) is 6.61 Å². The molecule has 6 heteroatoms. The highest BCUT2D eigenvalue weighted by Crippen LogP contribution is 2.31. The number of hydrogen-bond acceptors (Lipinski definition) is 6. The summed E-state index contributed by atoms with van der Waals surface area (Å²) >= 11 is 0. The summed E-state index contributed by atoms with van der Waals surface area (Å²) in [4.78, 5) is 0. The first-order valence-corrected chi connectivity index (χ1v) is 4.92. The Morgan fingerprint density at radius 1 is 1.13 bits per heavy atom. The SMILES string of the molecule is CC1(C)OCC([C@H]2OC(O)[C@H](O)[C@H]2O)O1. The molecule has 2 saturated heterocycles. The maximum Gasteiger partial charge on any atom is 0.184 e. The maximum absolute atomic E-state index is 9.59. The van der Waals surface area contributed by atoms with Crippen LogP contribution in [0.5, 0.6) is 0 Å². The van der Waals surface area contributed by atoms with Gasteiger partial charge in [0.2, 0.25) is 0 Å². The lowest BCUT2D eigenvalue weighted by Crippen LogP contribution is -2.40. The van der Waals surface area contributed by atoms with Crippen molar-refractivity contribution in [3.8, 4) is 0 Å². The summed E-state index contributed by atoms with van der Waals surface area (Å²) in [6.07, 6.45) is -5.03. The van der Waals surface area contributed by atoms with Gasteiger partial charge in [-0.05, 0) is 13.8 Å². The zero-order valence-electron chi connectivity index (χ0n) is 8.66. The van der Waals surface area contributed by atoms with Gasteiger partial charge in [0, 0.05) is 0 Å². The second kappa shape index (κ2) is 3.65. The van der Waals surface area contributed by atoms with E-state index in [9.17, 15) is 15.3 Å². The van der Waals surface area contributed by atoms with Crippen LogP contribution in [0.2, 0.25) is 0 Å². The first kappa shape index (κ1) is 11.3. The van der Waals surface area contributed by atoms with Crippen LogP contribution >= 0.6 is 0 Å². The molecule has 0 spiro atoms. The molecule has 0 saturated carbocycles. The minimum Gasteiger partial charge on any atom is -0.387 e. The van der Waals surface area contributed by atoms with Crippen LogP contribution < -0.4 is 0 Å². The van der Waals surface area contributed by atoms with E-state index in [4.69, 9.17) is 14.2 Å². The molecule has 0 aliphatic carbocycles. The highest BCUT2D eigenvalue weighted by atomic mass is 16.8. The topological polar surface area (TPSA) is 88.4 Å². The van der Waals surface area contributed by atoms with Crippen LogP contribution in [0.4, 0.5) is 0 Å². The summed E-state index contributed by atoms with van der Waals surface area (Å²) in [7, 11) is 0. The molecule has 0 radical (unpaired) electrons. The molecule has 2 aliphatic rings. The Labute approximate surface area is 87.4 Å². The van der Waals surface area contributed by atoms with Crippen LogP contribution in [0.3, 0.4) is 0 Å². The van der Waals surface area contributed by atoms with Crippen LogP contribution in [-0.2, 0) is 14.2 Å². The van der Waals surface area contributed by atoms with Gasteiger partial charge in [-0.2, -0.15) is 0 Å². The first-order chi connectivity index (χ1) is 6.91. The van der Waals surface area contributed by atoms with Crippen molar-refractivity contribution in [3.63, 3.8) is 0 Å². The Bertz CT molecular complexity index is 243. The Morgan fingerprint density at radius 3 is 2.20 bits per heavy atom. The Morgan fingerprint density at radius 2 is 1.80 bits per heavy atom. The molecule has 5 atom stereocenters. The molecule has 2 aliphatic heterocycles. The smallest absolute Gasteiger partial charge is 0.184 e. The highest BCUT2D eigenvalue weighted by molar-refractivity contribution is 4.93. The summed E-state index contributed by atoms with van der Waals surface area (Å²) < 4.78 is 15.8. The molecule has 6 nitrogen and oxygen atoms in total. The largest absolute Gasteiger partial charge is 0.387 e. The van der Waals surface area contributed by atoms with Crippen molar-refractivity contribution in [1.82, 2.24) is 0 Å². The van der Waals surface area contributed by atoms with Gasteiger partial charge in [-0.15, -0.1) is 0 Å². The molecule has 0 aromatic heterocycles. The highest BCUT2D eigenvalue weighted by Gasteiger charge is 2.49. The van der Waals surface area contributed by atoms with Gasteiger partial charge >= 0.3 is 0 Å². The molecule has 0 aromatic carbocycles. The van der Waals surface area contributed by atoms with Crippen molar-refractivity contribution in [2.45, 2.75) is 50.3 Å². The fourth-order valence-corrected chi connectivity index (χ4v) is 1.87. The van der Waals surface area contributed by atoms with Gasteiger partial charge in [-0.1, -0.05) is 0 Å². The second-order valence-electron chi connectivity index (χ2n) is 4.34. The summed E-state index contributed by atoms with van der Waals surface area (Å²) in [5.41, 5.74) is 0. The summed E-state index contributed by atoms with van der Waals surface area (Å²) in [5.74, 6) is -0.716. The second-order valence-corrected chi connectivity index (χ2v) is 4.34. The van der Waals surface area contributed by atoms with E-state index in [1.807, 2.05) is 0 Å². The van der Waals surface area contributed by atoms with E-state index in [0.29, 0.717) is 0 Å². The molecule has 88 valence electrons. The van der Waals surface area contributed by atoms with Gasteiger partial charge in [-0.25, -0.2) is 0 Å². The zero-order valence-corrected chi connectivity index (χ0v) is 8.66. The van der Waals surface area contributed by atoms with Crippen molar-refractivity contribution >= 4 is 0 Å².